The van der Waals surface area contributed by atoms with Crippen molar-refractivity contribution >= 4 is 21.6 Å². The van der Waals surface area contributed by atoms with Gasteiger partial charge in [-0.25, -0.2) is 8.42 Å². The van der Waals surface area contributed by atoms with Crippen molar-refractivity contribution in [1.82, 2.24) is 4.31 Å². The monoisotopic (exact) mass is 305 g/mol. The van der Waals surface area contributed by atoms with Crippen LogP contribution in [0.15, 0.2) is 23.1 Å². The van der Waals surface area contributed by atoms with Crippen LogP contribution in [0.1, 0.15) is 25.3 Å². The Hall–Kier alpha value is -0.620. The molecule has 108 valence electrons. The van der Waals surface area contributed by atoms with Crippen LogP contribution in [0, 0.1) is 6.92 Å². The van der Waals surface area contributed by atoms with E-state index in [-0.39, 0.29) is 23.1 Å². The molecule has 0 saturated carbocycles. The summed E-state index contributed by atoms with van der Waals surface area (Å²) in [7, 11) is -3.65. The Labute approximate surface area is 120 Å². The second-order valence-corrected chi connectivity index (χ2v) is 6.65. The Balaban J connectivity index is 3.15. The van der Waals surface area contributed by atoms with E-state index < -0.39 is 10.0 Å². The number of hydrogen-bond acceptors (Lipinski definition) is 3. The SMILES string of the molecule is CCCCN(CCO)S(=O)(=O)c1cccc(C)c1Cl. The highest BCUT2D eigenvalue weighted by Crippen LogP contribution is 2.27. The van der Waals surface area contributed by atoms with E-state index in [4.69, 9.17) is 16.7 Å². The Morgan fingerprint density at radius 3 is 2.58 bits per heavy atom. The minimum absolute atomic E-state index is 0.0899. The van der Waals surface area contributed by atoms with E-state index in [0.717, 1.165) is 18.4 Å². The highest BCUT2D eigenvalue weighted by molar-refractivity contribution is 7.89. The molecule has 4 nitrogen and oxygen atoms in total. The topological polar surface area (TPSA) is 57.6 Å². The molecule has 0 atom stereocenters. The summed E-state index contributed by atoms with van der Waals surface area (Å²) in [4.78, 5) is 0.110. The maximum absolute atomic E-state index is 12.5. The van der Waals surface area contributed by atoms with Gasteiger partial charge in [0.15, 0.2) is 0 Å². The van der Waals surface area contributed by atoms with E-state index in [0.29, 0.717) is 6.54 Å². The number of aliphatic hydroxyl groups is 1. The van der Waals surface area contributed by atoms with Gasteiger partial charge in [-0.1, -0.05) is 37.1 Å². The lowest BCUT2D eigenvalue weighted by Crippen LogP contribution is -2.34. The maximum atomic E-state index is 12.5. The Morgan fingerprint density at radius 1 is 1.32 bits per heavy atom. The summed E-state index contributed by atoms with van der Waals surface area (Å²) in [6, 6.07) is 4.94. The third-order valence-corrected chi connectivity index (χ3v) is 5.44. The van der Waals surface area contributed by atoms with Crippen LogP contribution in [0.2, 0.25) is 5.02 Å². The average Bonchev–Trinajstić information content (AvgIpc) is 2.37. The largest absolute Gasteiger partial charge is 0.395 e. The number of rotatable bonds is 7. The van der Waals surface area contributed by atoms with Gasteiger partial charge in [0.25, 0.3) is 0 Å². The van der Waals surface area contributed by atoms with E-state index >= 15 is 0 Å². The van der Waals surface area contributed by atoms with E-state index in [2.05, 4.69) is 0 Å². The van der Waals surface area contributed by atoms with Gasteiger partial charge in [-0.05, 0) is 25.0 Å². The van der Waals surface area contributed by atoms with Crippen LogP contribution in [0.25, 0.3) is 0 Å². The minimum Gasteiger partial charge on any atom is -0.395 e. The molecule has 0 heterocycles. The molecule has 0 spiro atoms. The number of aliphatic hydroxyl groups excluding tert-OH is 1. The predicted octanol–water partition coefficient (Wildman–Crippen LogP) is 2.43. The fourth-order valence-electron chi connectivity index (χ4n) is 1.76. The van der Waals surface area contributed by atoms with Gasteiger partial charge in [0.2, 0.25) is 10.0 Å². The van der Waals surface area contributed by atoms with Gasteiger partial charge in [0.05, 0.1) is 11.6 Å². The van der Waals surface area contributed by atoms with Crippen molar-refractivity contribution in [2.75, 3.05) is 19.7 Å². The maximum Gasteiger partial charge on any atom is 0.244 e. The fourth-order valence-corrected chi connectivity index (χ4v) is 3.78. The van der Waals surface area contributed by atoms with Gasteiger partial charge in [0.1, 0.15) is 4.90 Å². The molecule has 0 radical (unpaired) electrons. The second kappa shape index (κ2) is 7.24. The molecule has 0 aromatic heterocycles. The Morgan fingerprint density at radius 2 is 2.00 bits per heavy atom. The van der Waals surface area contributed by atoms with Crippen molar-refractivity contribution < 1.29 is 13.5 Å². The van der Waals surface area contributed by atoms with Crippen molar-refractivity contribution in [2.45, 2.75) is 31.6 Å². The lowest BCUT2D eigenvalue weighted by Gasteiger charge is -2.22. The summed E-state index contributed by atoms with van der Waals surface area (Å²) >= 11 is 6.09. The minimum atomic E-state index is -3.65. The van der Waals surface area contributed by atoms with Crippen molar-refractivity contribution in [3.05, 3.63) is 28.8 Å². The molecule has 1 aromatic carbocycles. The number of halogens is 1. The summed E-state index contributed by atoms with van der Waals surface area (Å²) in [5.74, 6) is 0. The normalized spacial score (nSPS) is 12.1. The number of hydrogen-bond donors (Lipinski definition) is 1. The first-order valence-electron chi connectivity index (χ1n) is 6.31. The molecule has 0 fully saturated rings. The van der Waals surface area contributed by atoms with Crippen molar-refractivity contribution in [3.8, 4) is 0 Å². The molecule has 1 aromatic rings. The summed E-state index contributed by atoms with van der Waals surface area (Å²) < 4.78 is 26.4. The number of unbranched alkanes of at least 4 members (excludes halogenated alkanes) is 1. The Bertz CT molecular complexity index is 517. The highest BCUT2D eigenvalue weighted by Gasteiger charge is 2.26. The number of sulfonamides is 1. The third kappa shape index (κ3) is 3.92. The van der Waals surface area contributed by atoms with E-state index in [1.54, 1.807) is 19.1 Å². The summed E-state index contributed by atoms with van der Waals surface area (Å²) in [6.07, 6.45) is 1.64. The molecule has 0 amide bonds. The molecule has 6 heteroatoms. The van der Waals surface area contributed by atoms with Gasteiger partial charge >= 0.3 is 0 Å². The van der Waals surface area contributed by atoms with Crippen LogP contribution in [0.5, 0.6) is 0 Å². The molecule has 1 N–H and O–H groups in total. The lowest BCUT2D eigenvalue weighted by molar-refractivity contribution is 0.252. The zero-order valence-corrected chi connectivity index (χ0v) is 12.8. The smallest absolute Gasteiger partial charge is 0.244 e. The first-order chi connectivity index (χ1) is 8.95. The van der Waals surface area contributed by atoms with E-state index in [1.807, 2.05) is 6.92 Å². The summed E-state index contributed by atoms with van der Waals surface area (Å²) in [5.41, 5.74) is 0.724. The average molecular weight is 306 g/mol. The van der Waals surface area contributed by atoms with Gasteiger partial charge in [0, 0.05) is 13.1 Å². The zero-order valence-electron chi connectivity index (χ0n) is 11.3. The van der Waals surface area contributed by atoms with E-state index in [1.165, 1.54) is 10.4 Å². The summed E-state index contributed by atoms with van der Waals surface area (Å²) in [5, 5.41) is 9.28. The van der Waals surface area contributed by atoms with Crippen LogP contribution in [-0.4, -0.2) is 37.5 Å². The first-order valence-corrected chi connectivity index (χ1v) is 8.13. The highest BCUT2D eigenvalue weighted by atomic mass is 35.5. The van der Waals surface area contributed by atoms with Gasteiger partial charge in [-0.15, -0.1) is 0 Å². The third-order valence-electron chi connectivity index (χ3n) is 2.88. The van der Waals surface area contributed by atoms with Crippen molar-refractivity contribution in [3.63, 3.8) is 0 Å². The number of benzene rings is 1. The molecule has 0 aliphatic heterocycles. The molecule has 0 saturated heterocycles. The molecule has 0 aliphatic rings. The Kier molecular flexibility index (Phi) is 6.26. The molecule has 1 rings (SSSR count). The second-order valence-electron chi connectivity index (χ2n) is 4.37. The predicted molar refractivity (Wildman–Crippen MR) is 76.9 cm³/mol. The standard InChI is InChI=1S/C13H20ClNO3S/c1-3-4-8-15(9-10-16)19(17,18)12-7-5-6-11(2)13(12)14/h5-7,16H,3-4,8-10H2,1-2H3. The van der Waals surface area contributed by atoms with Crippen LogP contribution in [0.4, 0.5) is 0 Å². The van der Waals surface area contributed by atoms with Crippen LogP contribution < -0.4 is 0 Å². The van der Waals surface area contributed by atoms with Crippen LogP contribution >= 0.6 is 11.6 Å². The summed E-state index contributed by atoms with van der Waals surface area (Å²) in [6.45, 7) is 4.04. The lowest BCUT2D eigenvalue weighted by atomic mass is 10.2. The fraction of sp³-hybridized carbons (Fsp3) is 0.538. The van der Waals surface area contributed by atoms with Crippen LogP contribution in [-0.2, 0) is 10.0 Å². The molecule has 19 heavy (non-hydrogen) atoms. The number of aryl methyl sites for hydroxylation is 1. The quantitative estimate of drug-likeness (QED) is 0.841. The van der Waals surface area contributed by atoms with Crippen LogP contribution in [0.3, 0.4) is 0 Å². The molecule has 0 unspecified atom stereocenters. The first kappa shape index (κ1) is 16.4. The molecule has 0 aliphatic carbocycles. The molecular weight excluding hydrogens is 286 g/mol. The van der Waals surface area contributed by atoms with Crippen molar-refractivity contribution in [2.24, 2.45) is 0 Å². The molecule has 0 bridgehead atoms. The zero-order chi connectivity index (χ0) is 14.5. The van der Waals surface area contributed by atoms with Gasteiger partial charge in [-0.2, -0.15) is 4.31 Å². The van der Waals surface area contributed by atoms with Gasteiger partial charge < -0.3 is 5.11 Å². The van der Waals surface area contributed by atoms with Crippen molar-refractivity contribution in [1.29, 1.82) is 0 Å². The van der Waals surface area contributed by atoms with Gasteiger partial charge in [-0.3, -0.25) is 0 Å². The molecular formula is C13H20ClNO3S. The number of nitrogens with zero attached hydrogens (tertiary/aromatic N) is 1. The van der Waals surface area contributed by atoms with E-state index in [9.17, 15) is 8.42 Å².